The molecule has 0 aliphatic heterocycles. The van der Waals surface area contributed by atoms with Crippen molar-refractivity contribution in [3.8, 4) is 0 Å². The van der Waals surface area contributed by atoms with Gasteiger partial charge in [0.05, 0.1) is 26.4 Å². The minimum Gasteiger partial charge on any atom is -0.394 e. The van der Waals surface area contributed by atoms with Crippen LogP contribution in [0.5, 0.6) is 0 Å². The van der Waals surface area contributed by atoms with E-state index in [1.54, 1.807) is 0 Å². The van der Waals surface area contributed by atoms with Crippen LogP contribution in [0, 0.1) is 0 Å². The molecule has 0 bridgehead atoms. The molecule has 0 radical (unpaired) electrons. The molecule has 0 rings (SSSR count). The van der Waals surface area contributed by atoms with E-state index in [0.717, 1.165) is 25.5 Å². The summed E-state index contributed by atoms with van der Waals surface area (Å²) in [6.45, 7) is 7.39. The highest BCUT2D eigenvalue weighted by Crippen LogP contribution is 2.04. The van der Waals surface area contributed by atoms with Gasteiger partial charge in [-0.25, -0.2) is 0 Å². The number of aldehydes is 1. The molecule has 0 fully saturated rings. The van der Waals surface area contributed by atoms with Gasteiger partial charge in [-0.3, -0.25) is 0 Å². The van der Waals surface area contributed by atoms with Crippen molar-refractivity contribution in [3.05, 3.63) is 0 Å². The van der Waals surface area contributed by atoms with Crippen LogP contribution in [-0.4, -0.2) is 75.6 Å². The quantitative estimate of drug-likeness (QED) is 0.248. The molecule has 7 nitrogen and oxygen atoms in total. The van der Waals surface area contributed by atoms with Gasteiger partial charge in [-0.1, -0.05) is 0 Å². The highest BCUT2D eigenvalue weighted by molar-refractivity contribution is 5.48. The molecule has 23 heavy (non-hydrogen) atoms. The van der Waals surface area contributed by atoms with Gasteiger partial charge < -0.3 is 34.0 Å². The van der Waals surface area contributed by atoms with Gasteiger partial charge in [0.1, 0.15) is 6.29 Å². The monoisotopic (exact) mass is 338 g/mol. The standard InChI is InChI=1S/C10H22O4.C6H12O3/c1-3-13-10(14-4-2)6-5-8-12-9-7-11;7-3-1-2-5-9-6-4-8/h10-11H,3-9H2,1-2H3;3,8H,1-2,4-6H2. The molecule has 0 atom stereocenters. The van der Waals surface area contributed by atoms with Gasteiger partial charge in [0.2, 0.25) is 0 Å². The van der Waals surface area contributed by atoms with Crippen LogP contribution in [0.1, 0.15) is 39.5 Å². The summed E-state index contributed by atoms with van der Waals surface area (Å²) in [5, 5.41) is 16.7. The number of carbonyl (C=O) groups excluding carboxylic acids is 1. The normalized spacial score (nSPS) is 10.5. The molecule has 7 heteroatoms. The zero-order valence-electron chi connectivity index (χ0n) is 14.6. The van der Waals surface area contributed by atoms with E-state index in [4.69, 9.17) is 29.2 Å². The highest BCUT2D eigenvalue weighted by atomic mass is 16.7. The lowest BCUT2D eigenvalue weighted by molar-refractivity contribution is -0.141. The lowest BCUT2D eigenvalue weighted by Crippen LogP contribution is -2.18. The van der Waals surface area contributed by atoms with E-state index in [2.05, 4.69) is 0 Å². The smallest absolute Gasteiger partial charge is 0.157 e. The van der Waals surface area contributed by atoms with Gasteiger partial charge in [-0.2, -0.15) is 0 Å². The zero-order valence-corrected chi connectivity index (χ0v) is 14.6. The van der Waals surface area contributed by atoms with Crippen molar-refractivity contribution in [1.29, 1.82) is 0 Å². The molecule has 2 N–H and O–H groups in total. The molecule has 0 aliphatic rings. The molecule has 0 aliphatic carbocycles. The summed E-state index contributed by atoms with van der Waals surface area (Å²) in [6, 6.07) is 0. The van der Waals surface area contributed by atoms with Crippen molar-refractivity contribution in [2.75, 3.05) is 52.9 Å². The molecule has 0 spiro atoms. The van der Waals surface area contributed by atoms with Gasteiger partial charge in [0.25, 0.3) is 0 Å². The maximum atomic E-state index is 9.73. The maximum Gasteiger partial charge on any atom is 0.157 e. The Bertz CT molecular complexity index is 209. The minimum absolute atomic E-state index is 0.0566. The van der Waals surface area contributed by atoms with E-state index in [-0.39, 0.29) is 19.5 Å². The number of ether oxygens (including phenoxy) is 4. The van der Waals surface area contributed by atoms with E-state index >= 15 is 0 Å². The predicted octanol–water partition coefficient (Wildman–Crippen LogP) is 1.15. The summed E-state index contributed by atoms with van der Waals surface area (Å²) in [6.07, 6.45) is 3.79. The minimum atomic E-state index is -0.109. The van der Waals surface area contributed by atoms with Crippen LogP contribution in [0.15, 0.2) is 0 Å². The van der Waals surface area contributed by atoms with Crippen LogP contribution >= 0.6 is 0 Å². The summed E-state index contributed by atoms with van der Waals surface area (Å²) in [5.74, 6) is 0. The number of hydrogen-bond donors (Lipinski definition) is 2. The largest absolute Gasteiger partial charge is 0.394 e. The highest BCUT2D eigenvalue weighted by Gasteiger charge is 2.06. The van der Waals surface area contributed by atoms with Crippen LogP contribution in [0.3, 0.4) is 0 Å². The third-order valence-electron chi connectivity index (χ3n) is 2.52. The Hall–Kier alpha value is -0.570. The first kappa shape index (κ1) is 24.7. The van der Waals surface area contributed by atoms with Crippen LogP contribution in [-0.2, 0) is 23.7 Å². The summed E-state index contributed by atoms with van der Waals surface area (Å²) in [5.41, 5.74) is 0. The van der Waals surface area contributed by atoms with Crippen molar-refractivity contribution in [2.45, 2.75) is 45.8 Å². The fraction of sp³-hybridized carbons (Fsp3) is 0.938. The number of hydrogen-bond acceptors (Lipinski definition) is 7. The van der Waals surface area contributed by atoms with Gasteiger partial charge >= 0.3 is 0 Å². The Kier molecular flexibility index (Phi) is 25.4. The molecular weight excluding hydrogens is 304 g/mol. The molecule has 0 aromatic carbocycles. The van der Waals surface area contributed by atoms with Crippen molar-refractivity contribution < 1.29 is 34.0 Å². The Morgan fingerprint density at radius 2 is 1.39 bits per heavy atom. The summed E-state index contributed by atoms with van der Waals surface area (Å²) in [4.78, 5) is 9.73. The maximum absolute atomic E-state index is 9.73. The van der Waals surface area contributed by atoms with E-state index in [0.29, 0.717) is 46.1 Å². The number of carbonyl (C=O) groups is 1. The molecule has 140 valence electrons. The number of aliphatic hydroxyl groups excluding tert-OH is 2. The fourth-order valence-corrected chi connectivity index (χ4v) is 1.54. The van der Waals surface area contributed by atoms with Gasteiger partial charge in [-0.15, -0.1) is 0 Å². The topological polar surface area (TPSA) is 94.5 Å². The van der Waals surface area contributed by atoms with Gasteiger partial charge in [-0.05, 0) is 26.7 Å². The Morgan fingerprint density at radius 3 is 1.83 bits per heavy atom. The first-order valence-corrected chi connectivity index (χ1v) is 8.30. The fourth-order valence-electron chi connectivity index (χ4n) is 1.54. The lowest BCUT2D eigenvalue weighted by atomic mass is 10.3. The zero-order chi connectivity index (χ0) is 17.6. The number of unbranched alkanes of at least 4 members (excludes halogenated alkanes) is 1. The molecule has 0 saturated heterocycles. The Morgan fingerprint density at radius 1 is 0.870 bits per heavy atom. The molecule has 0 amide bonds. The predicted molar refractivity (Wildman–Crippen MR) is 87.4 cm³/mol. The van der Waals surface area contributed by atoms with E-state index in [9.17, 15) is 4.79 Å². The first-order chi connectivity index (χ1) is 11.3. The van der Waals surface area contributed by atoms with Gasteiger partial charge in [0, 0.05) is 39.3 Å². The SMILES string of the molecule is CCOC(CCCOCCO)OCC.O=CCCCOCCO. The van der Waals surface area contributed by atoms with Crippen LogP contribution < -0.4 is 0 Å². The average Bonchev–Trinajstić information content (AvgIpc) is 2.55. The van der Waals surface area contributed by atoms with E-state index in [1.165, 1.54) is 0 Å². The number of aliphatic hydroxyl groups is 2. The average molecular weight is 338 g/mol. The van der Waals surface area contributed by atoms with E-state index in [1.807, 2.05) is 13.8 Å². The van der Waals surface area contributed by atoms with Gasteiger partial charge in [0.15, 0.2) is 6.29 Å². The number of rotatable bonds is 16. The lowest BCUT2D eigenvalue weighted by Gasteiger charge is -2.16. The molecule has 0 saturated carbocycles. The Labute approximate surface area is 139 Å². The van der Waals surface area contributed by atoms with E-state index < -0.39 is 0 Å². The van der Waals surface area contributed by atoms with Crippen molar-refractivity contribution in [2.24, 2.45) is 0 Å². The summed E-state index contributed by atoms with van der Waals surface area (Å²) >= 11 is 0. The molecule has 0 aromatic rings. The van der Waals surface area contributed by atoms with Crippen molar-refractivity contribution in [1.82, 2.24) is 0 Å². The first-order valence-electron chi connectivity index (χ1n) is 8.30. The van der Waals surface area contributed by atoms with Crippen molar-refractivity contribution >= 4 is 6.29 Å². The van der Waals surface area contributed by atoms with Crippen LogP contribution in [0.25, 0.3) is 0 Å². The molecule has 0 unspecified atom stereocenters. The third kappa shape index (κ3) is 23.8. The Balaban J connectivity index is 0. The molecular formula is C16H34O7. The van der Waals surface area contributed by atoms with Crippen molar-refractivity contribution in [3.63, 3.8) is 0 Å². The second-order valence-electron chi connectivity index (χ2n) is 4.46. The summed E-state index contributed by atoms with van der Waals surface area (Å²) < 4.78 is 20.7. The van der Waals surface area contributed by atoms with Crippen LogP contribution in [0.4, 0.5) is 0 Å². The summed E-state index contributed by atoms with van der Waals surface area (Å²) in [7, 11) is 0. The molecule has 0 heterocycles. The second kappa shape index (κ2) is 23.7. The second-order valence-corrected chi connectivity index (χ2v) is 4.46. The molecule has 0 aromatic heterocycles. The van der Waals surface area contributed by atoms with Crippen LogP contribution in [0.2, 0.25) is 0 Å². The third-order valence-corrected chi connectivity index (χ3v) is 2.52.